The zero-order chi connectivity index (χ0) is 14.5. The second-order valence-corrected chi connectivity index (χ2v) is 5.23. The van der Waals surface area contributed by atoms with Gasteiger partial charge in [-0.1, -0.05) is 18.9 Å². The molecule has 0 atom stereocenters. The minimum Gasteiger partial charge on any atom is -0.507 e. The number of nitrogens with zero attached hydrogens (tertiary/aromatic N) is 1. The molecule has 1 aromatic rings. The van der Waals surface area contributed by atoms with Crippen molar-refractivity contribution in [3.05, 3.63) is 23.8 Å². The number of benzene rings is 1. The van der Waals surface area contributed by atoms with Crippen molar-refractivity contribution in [2.24, 2.45) is 0 Å². The van der Waals surface area contributed by atoms with Gasteiger partial charge < -0.3 is 14.9 Å². The fraction of sp³-hybridized carbons (Fsp3) is 0.533. The van der Waals surface area contributed by atoms with Gasteiger partial charge in [0.15, 0.2) is 0 Å². The smallest absolute Gasteiger partial charge is 0.317 e. The average Bonchev–Trinajstić information content (AvgIpc) is 2.93. The molecule has 0 bridgehead atoms. The maximum absolute atomic E-state index is 11.0. The average molecular weight is 279 g/mol. The summed E-state index contributed by atoms with van der Waals surface area (Å²) in [5.41, 5.74) is 0.735. The molecule has 1 saturated carbocycles. The molecular formula is C15H21NO4. The first-order valence-corrected chi connectivity index (χ1v) is 6.92. The number of hydrogen-bond acceptors (Lipinski definition) is 4. The van der Waals surface area contributed by atoms with Crippen molar-refractivity contribution in [1.82, 2.24) is 4.90 Å². The summed E-state index contributed by atoms with van der Waals surface area (Å²) in [6.07, 6.45) is 4.36. The molecule has 2 N–H and O–H groups in total. The molecule has 0 aliphatic heterocycles. The Morgan fingerprint density at radius 3 is 2.65 bits per heavy atom. The van der Waals surface area contributed by atoms with Crippen molar-refractivity contribution in [3.63, 3.8) is 0 Å². The molecular weight excluding hydrogens is 258 g/mol. The number of hydrogen-bond donors (Lipinski definition) is 2. The first-order valence-electron chi connectivity index (χ1n) is 6.92. The van der Waals surface area contributed by atoms with Crippen molar-refractivity contribution in [2.45, 2.75) is 38.3 Å². The minimum absolute atomic E-state index is 0.0101. The number of aromatic hydroxyl groups is 1. The van der Waals surface area contributed by atoms with Crippen LogP contribution in [0.1, 0.15) is 31.2 Å². The van der Waals surface area contributed by atoms with Crippen molar-refractivity contribution in [3.8, 4) is 11.5 Å². The van der Waals surface area contributed by atoms with E-state index in [9.17, 15) is 9.90 Å². The summed E-state index contributed by atoms with van der Waals surface area (Å²) in [7, 11) is 1.55. The van der Waals surface area contributed by atoms with Crippen LogP contribution in [0.5, 0.6) is 11.5 Å². The van der Waals surface area contributed by atoms with E-state index in [1.54, 1.807) is 25.3 Å². The lowest BCUT2D eigenvalue weighted by Crippen LogP contribution is -2.37. The van der Waals surface area contributed by atoms with Gasteiger partial charge in [-0.05, 0) is 18.9 Å². The molecule has 5 heteroatoms. The summed E-state index contributed by atoms with van der Waals surface area (Å²) in [5.74, 6) is -0.0838. The van der Waals surface area contributed by atoms with Crippen LogP contribution in [0.25, 0.3) is 0 Å². The fourth-order valence-corrected chi connectivity index (χ4v) is 2.78. The molecule has 1 aromatic carbocycles. The number of phenolic OH excluding ortho intramolecular Hbond substituents is 1. The molecule has 1 aliphatic carbocycles. The van der Waals surface area contributed by atoms with Gasteiger partial charge in [-0.25, -0.2) is 0 Å². The van der Waals surface area contributed by atoms with Crippen molar-refractivity contribution < 1.29 is 19.7 Å². The zero-order valence-electron chi connectivity index (χ0n) is 11.7. The number of carboxylic acid groups (broad SMARTS) is 1. The highest BCUT2D eigenvalue weighted by Gasteiger charge is 2.25. The maximum Gasteiger partial charge on any atom is 0.317 e. The van der Waals surface area contributed by atoms with E-state index in [0.717, 1.165) is 31.2 Å². The zero-order valence-corrected chi connectivity index (χ0v) is 11.7. The van der Waals surface area contributed by atoms with E-state index in [4.69, 9.17) is 9.84 Å². The standard InChI is InChI=1S/C15H21NO4/c1-20-13-7-6-11(14(17)8-13)9-16(10-15(18)19)12-4-2-3-5-12/h6-8,12,17H,2-5,9-10H2,1H3,(H,18,19). The highest BCUT2D eigenvalue weighted by atomic mass is 16.5. The highest BCUT2D eigenvalue weighted by Crippen LogP contribution is 2.28. The van der Waals surface area contributed by atoms with E-state index in [1.807, 2.05) is 4.90 Å². The van der Waals surface area contributed by atoms with Gasteiger partial charge in [0.2, 0.25) is 0 Å². The molecule has 0 aromatic heterocycles. The number of carboxylic acids is 1. The molecule has 0 saturated heterocycles. The summed E-state index contributed by atoms with van der Waals surface area (Å²) < 4.78 is 5.05. The molecule has 0 heterocycles. The van der Waals surface area contributed by atoms with Gasteiger partial charge in [-0.15, -0.1) is 0 Å². The first-order chi connectivity index (χ1) is 9.60. The molecule has 0 spiro atoms. The highest BCUT2D eigenvalue weighted by molar-refractivity contribution is 5.69. The molecule has 0 radical (unpaired) electrons. The van der Waals surface area contributed by atoms with E-state index < -0.39 is 5.97 Å². The predicted octanol–water partition coefficient (Wildman–Crippen LogP) is 2.23. The Morgan fingerprint density at radius 1 is 1.40 bits per heavy atom. The Labute approximate surface area is 118 Å². The van der Waals surface area contributed by atoms with Crippen LogP contribution in [0.15, 0.2) is 18.2 Å². The number of aliphatic carboxylic acids is 1. The van der Waals surface area contributed by atoms with Crippen LogP contribution in [-0.4, -0.2) is 40.8 Å². The Bertz CT molecular complexity index is 469. The summed E-state index contributed by atoms with van der Waals surface area (Å²) in [4.78, 5) is 13.0. The van der Waals surface area contributed by atoms with E-state index in [1.165, 1.54) is 0 Å². The Morgan fingerprint density at radius 2 is 2.10 bits per heavy atom. The van der Waals surface area contributed by atoms with Crippen molar-refractivity contribution in [2.75, 3.05) is 13.7 Å². The van der Waals surface area contributed by atoms with Gasteiger partial charge >= 0.3 is 5.97 Å². The van der Waals surface area contributed by atoms with Gasteiger partial charge in [0, 0.05) is 24.2 Å². The van der Waals surface area contributed by atoms with Crippen molar-refractivity contribution in [1.29, 1.82) is 0 Å². The molecule has 20 heavy (non-hydrogen) atoms. The van der Waals surface area contributed by atoms with Gasteiger partial charge in [0.25, 0.3) is 0 Å². The second-order valence-electron chi connectivity index (χ2n) is 5.23. The van der Waals surface area contributed by atoms with Crippen LogP contribution < -0.4 is 4.74 Å². The maximum atomic E-state index is 11.0. The molecule has 110 valence electrons. The van der Waals surface area contributed by atoms with Gasteiger partial charge in [0.05, 0.1) is 13.7 Å². The number of phenols is 1. The lowest BCUT2D eigenvalue weighted by atomic mass is 10.1. The third-order valence-electron chi connectivity index (χ3n) is 3.85. The second kappa shape index (κ2) is 6.61. The predicted molar refractivity (Wildman–Crippen MR) is 75.0 cm³/mol. The third kappa shape index (κ3) is 3.63. The van der Waals surface area contributed by atoms with Crippen LogP contribution in [0.4, 0.5) is 0 Å². The number of rotatable bonds is 6. The topological polar surface area (TPSA) is 70.0 Å². The number of methoxy groups -OCH3 is 1. The molecule has 0 amide bonds. The molecule has 2 rings (SSSR count). The summed E-state index contributed by atoms with van der Waals surface area (Å²) in [6.45, 7) is 0.461. The lowest BCUT2D eigenvalue weighted by molar-refractivity contribution is -0.139. The quantitative estimate of drug-likeness (QED) is 0.835. The van der Waals surface area contributed by atoms with E-state index in [0.29, 0.717) is 18.3 Å². The van der Waals surface area contributed by atoms with Crippen LogP contribution in [0.2, 0.25) is 0 Å². The SMILES string of the molecule is COc1ccc(CN(CC(=O)O)C2CCCC2)c(O)c1. The van der Waals surface area contributed by atoms with Crippen LogP contribution >= 0.6 is 0 Å². The van der Waals surface area contributed by atoms with Gasteiger partial charge in [-0.2, -0.15) is 0 Å². The summed E-state index contributed by atoms with van der Waals surface area (Å²) >= 11 is 0. The Balaban J connectivity index is 2.11. The molecule has 5 nitrogen and oxygen atoms in total. The summed E-state index contributed by atoms with van der Waals surface area (Å²) in [5, 5.41) is 19.0. The molecule has 0 unspecified atom stereocenters. The number of ether oxygens (including phenoxy) is 1. The van der Waals surface area contributed by atoms with Gasteiger partial charge in [0.1, 0.15) is 11.5 Å². The normalized spacial score (nSPS) is 15.7. The first kappa shape index (κ1) is 14.7. The van der Waals surface area contributed by atoms with E-state index in [-0.39, 0.29) is 12.3 Å². The lowest BCUT2D eigenvalue weighted by Gasteiger charge is -2.27. The fourth-order valence-electron chi connectivity index (χ4n) is 2.78. The molecule has 1 aliphatic rings. The Kier molecular flexibility index (Phi) is 4.84. The number of carbonyl (C=O) groups is 1. The molecule has 1 fully saturated rings. The summed E-state index contributed by atoms with van der Waals surface area (Å²) in [6, 6.07) is 5.43. The van der Waals surface area contributed by atoms with Crippen LogP contribution in [-0.2, 0) is 11.3 Å². The van der Waals surface area contributed by atoms with E-state index >= 15 is 0 Å². The van der Waals surface area contributed by atoms with Crippen LogP contribution in [0.3, 0.4) is 0 Å². The van der Waals surface area contributed by atoms with Crippen LogP contribution in [0, 0.1) is 0 Å². The van der Waals surface area contributed by atoms with E-state index in [2.05, 4.69) is 0 Å². The minimum atomic E-state index is -0.829. The van der Waals surface area contributed by atoms with Gasteiger partial charge in [-0.3, -0.25) is 9.69 Å². The Hall–Kier alpha value is -1.75. The third-order valence-corrected chi connectivity index (χ3v) is 3.85. The monoisotopic (exact) mass is 279 g/mol. The van der Waals surface area contributed by atoms with Crippen molar-refractivity contribution >= 4 is 5.97 Å². The largest absolute Gasteiger partial charge is 0.507 e.